The van der Waals surface area contributed by atoms with Crippen LogP contribution in [-0.2, 0) is 19.1 Å². The molecule has 0 aromatic carbocycles. The van der Waals surface area contributed by atoms with E-state index in [0.717, 1.165) is 0 Å². The van der Waals surface area contributed by atoms with Crippen LogP contribution in [-0.4, -0.2) is 23.1 Å². The summed E-state index contributed by atoms with van der Waals surface area (Å²) in [6.07, 6.45) is 0.597. The zero-order chi connectivity index (χ0) is 13.9. The number of esters is 2. The predicted octanol–water partition coefficient (Wildman–Crippen LogP) is -2.08. The SMILES string of the molecule is CC(C)(C)OC(=O)C=C([O-])C(=O)OC(C)(C)C.[K+]. The van der Waals surface area contributed by atoms with Gasteiger partial charge in [-0.15, -0.1) is 0 Å². The molecule has 0 bridgehead atoms. The molecule has 0 atom stereocenters. The molecule has 0 fully saturated rings. The van der Waals surface area contributed by atoms with Gasteiger partial charge >= 0.3 is 63.3 Å². The van der Waals surface area contributed by atoms with Gasteiger partial charge in [0.15, 0.2) is 0 Å². The molecular formula is C12H19KO5. The van der Waals surface area contributed by atoms with E-state index in [1.165, 1.54) is 0 Å². The van der Waals surface area contributed by atoms with E-state index in [9.17, 15) is 14.7 Å². The van der Waals surface area contributed by atoms with E-state index >= 15 is 0 Å². The second-order valence-electron chi connectivity index (χ2n) is 5.54. The fourth-order valence-corrected chi connectivity index (χ4v) is 0.826. The molecule has 18 heavy (non-hydrogen) atoms. The summed E-state index contributed by atoms with van der Waals surface area (Å²) in [4.78, 5) is 22.5. The van der Waals surface area contributed by atoms with E-state index in [0.29, 0.717) is 6.08 Å². The van der Waals surface area contributed by atoms with Gasteiger partial charge in [0.25, 0.3) is 0 Å². The van der Waals surface area contributed by atoms with E-state index in [1.54, 1.807) is 41.5 Å². The molecule has 0 radical (unpaired) electrons. The van der Waals surface area contributed by atoms with Crippen molar-refractivity contribution in [2.45, 2.75) is 52.7 Å². The normalized spacial score (nSPS) is 12.4. The number of ether oxygens (including phenoxy) is 2. The van der Waals surface area contributed by atoms with E-state index in [-0.39, 0.29) is 51.4 Å². The molecule has 0 aliphatic rings. The summed E-state index contributed by atoms with van der Waals surface area (Å²) in [6.45, 7) is 9.88. The summed E-state index contributed by atoms with van der Waals surface area (Å²) >= 11 is 0. The summed E-state index contributed by atoms with van der Waals surface area (Å²) in [5, 5.41) is 11.3. The fraction of sp³-hybridized carbons (Fsp3) is 0.667. The minimum Gasteiger partial charge on any atom is -0.867 e. The monoisotopic (exact) mass is 282 g/mol. The Morgan fingerprint density at radius 3 is 1.67 bits per heavy atom. The van der Waals surface area contributed by atoms with Crippen LogP contribution in [0.1, 0.15) is 41.5 Å². The summed E-state index contributed by atoms with van der Waals surface area (Å²) in [5.74, 6) is -2.94. The van der Waals surface area contributed by atoms with Gasteiger partial charge in [-0.25, -0.2) is 9.59 Å². The van der Waals surface area contributed by atoms with Gasteiger partial charge in [0.05, 0.1) is 0 Å². The van der Waals surface area contributed by atoms with Gasteiger partial charge in [-0.2, -0.15) is 0 Å². The molecule has 98 valence electrons. The smallest absolute Gasteiger partial charge is 0.867 e. The van der Waals surface area contributed by atoms with Crippen molar-refractivity contribution < 1.29 is 75.6 Å². The molecular weight excluding hydrogens is 263 g/mol. The van der Waals surface area contributed by atoms with Crippen molar-refractivity contribution in [3.8, 4) is 0 Å². The zero-order valence-electron chi connectivity index (χ0n) is 12.1. The summed E-state index contributed by atoms with van der Waals surface area (Å²) in [7, 11) is 0. The first kappa shape index (κ1) is 20.4. The van der Waals surface area contributed by atoms with Crippen LogP contribution in [0.25, 0.3) is 0 Å². The molecule has 0 aliphatic carbocycles. The molecule has 0 spiro atoms. The average Bonchev–Trinajstić information content (AvgIpc) is 1.95. The van der Waals surface area contributed by atoms with Crippen molar-refractivity contribution in [3.63, 3.8) is 0 Å². The molecule has 0 saturated carbocycles. The molecule has 6 heteroatoms. The van der Waals surface area contributed by atoms with E-state index < -0.39 is 28.9 Å². The van der Waals surface area contributed by atoms with Crippen LogP contribution in [0.15, 0.2) is 11.8 Å². The molecule has 0 rings (SSSR count). The largest absolute Gasteiger partial charge is 1.00 e. The van der Waals surface area contributed by atoms with Crippen molar-refractivity contribution in [3.05, 3.63) is 11.8 Å². The second kappa shape index (κ2) is 7.64. The van der Waals surface area contributed by atoms with Crippen molar-refractivity contribution in [1.29, 1.82) is 0 Å². The molecule has 0 unspecified atom stereocenters. The Labute approximate surface area is 150 Å². The molecule has 0 saturated heterocycles. The van der Waals surface area contributed by atoms with Crippen LogP contribution in [0, 0.1) is 0 Å². The first-order chi connectivity index (χ1) is 7.41. The standard InChI is InChI=1S/C12H20O5.K/c1-11(2,3)16-9(14)7-8(13)10(15)17-12(4,5)6;/h7,13H,1-6H3;/q;+1/p-1. The molecule has 0 aromatic heterocycles. The number of rotatable bonds is 2. The number of hydrogen-bond donors (Lipinski definition) is 0. The van der Waals surface area contributed by atoms with Gasteiger partial charge < -0.3 is 14.6 Å². The summed E-state index contributed by atoms with van der Waals surface area (Å²) < 4.78 is 9.67. The molecule has 5 nitrogen and oxygen atoms in total. The van der Waals surface area contributed by atoms with Gasteiger partial charge in [-0.1, -0.05) is 0 Å². The Balaban J connectivity index is 0. The van der Waals surface area contributed by atoms with Crippen LogP contribution in [0.3, 0.4) is 0 Å². The third-order valence-corrected chi connectivity index (χ3v) is 1.26. The van der Waals surface area contributed by atoms with Crippen LogP contribution < -0.4 is 56.5 Å². The maximum Gasteiger partial charge on any atom is 1.00 e. The quantitative estimate of drug-likeness (QED) is 0.251. The first-order valence-corrected chi connectivity index (χ1v) is 5.26. The molecule has 0 N–H and O–H groups in total. The van der Waals surface area contributed by atoms with E-state index in [2.05, 4.69) is 0 Å². The number of hydrogen-bond acceptors (Lipinski definition) is 5. The topological polar surface area (TPSA) is 75.7 Å². The molecule has 0 aliphatic heterocycles. The first-order valence-electron chi connectivity index (χ1n) is 5.26. The summed E-state index contributed by atoms with van der Waals surface area (Å²) in [5.41, 5.74) is -1.48. The number of carbonyl (C=O) groups excluding carboxylic acids is 2. The molecule has 0 amide bonds. The minimum absolute atomic E-state index is 0. The Bertz CT molecular complexity index is 333. The van der Waals surface area contributed by atoms with Gasteiger partial charge in [-0.05, 0) is 47.3 Å². The molecule has 0 aromatic rings. The van der Waals surface area contributed by atoms with Crippen molar-refractivity contribution in [2.24, 2.45) is 0 Å². The van der Waals surface area contributed by atoms with Crippen molar-refractivity contribution >= 4 is 11.9 Å². The Hall–Kier alpha value is 0.116. The zero-order valence-corrected chi connectivity index (χ0v) is 15.2. The Morgan fingerprint density at radius 1 is 0.944 bits per heavy atom. The number of carbonyl (C=O) groups is 2. The van der Waals surface area contributed by atoms with Crippen LogP contribution in [0.5, 0.6) is 0 Å². The van der Waals surface area contributed by atoms with Crippen molar-refractivity contribution in [2.75, 3.05) is 0 Å². The van der Waals surface area contributed by atoms with Crippen LogP contribution in [0.2, 0.25) is 0 Å². The van der Waals surface area contributed by atoms with Gasteiger partial charge in [0.1, 0.15) is 11.2 Å². The third-order valence-electron chi connectivity index (χ3n) is 1.26. The average molecular weight is 282 g/mol. The predicted molar refractivity (Wildman–Crippen MR) is 59.8 cm³/mol. The molecule has 0 heterocycles. The van der Waals surface area contributed by atoms with E-state index in [1.807, 2.05) is 0 Å². The van der Waals surface area contributed by atoms with Crippen LogP contribution in [0.4, 0.5) is 0 Å². The van der Waals surface area contributed by atoms with Crippen molar-refractivity contribution in [1.82, 2.24) is 0 Å². The third kappa shape index (κ3) is 11.2. The Kier molecular flexibility index (Phi) is 8.68. The van der Waals surface area contributed by atoms with Gasteiger partial charge in [-0.3, -0.25) is 0 Å². The second-order valence-corrected chi connectivity index (χ2v) is 5.54. The van der Waals surface area contributed by atoms with Gasteiger partial charge in [0, 0.05) is 6.08 Å². The maximum absolute atomic E-state index is 11.3. The van der Waals surface area contributed by atoms with E-state index in [4.69, 9.17) is 9.47 Å². The Morgan fingerprint density at radius 2 is 1.33 bits per heavy atom. The fourth-order valence-electron chi connectivity index (χ4n) is 0.826. The summed E-state index contributed by atoms with van der Waals surface area (Å²) in [6, 6.07) is 0. The van der Waals surface area contributed by atoms with Gasteiger partial charge in [0.2, 0.25) is 0 Å². The maximum atomic E-state index is 11.3. The van der Waals surface area contributed by atoms with Crippen LogP contribution >= 0.6 is 0 Å². The minimum atomic E-state index is -1.07.